The number of nitrogens with one attached hydrogen (secondary N) is 1. The molecule has 7 heteroatoms. The van der Waals surface area contributed by atoms with E-state index >= 15 is 0 Å². The zero-order chi connectivity index (χ0) is 23.3. The summed E-state index contributed by atoms with van der Waals surface area (Å²) in [5.41, 5.74) is 2.11. The Bertz CT molecular complexity index is 891. The van der Waals surface area contributed by atoms with E-state index in [0.29, 0.717) is 36.9 Å². The number of nitrogens with zero attached hydrogens (tertiary/aromatic N) is 2. The second kappa shape index (κ2) is 10.7. The molecule has 0 radical (unpaired) electrons. The SMILES string of the molecule is C=C(NC(C)=O)c1ccc(O[C@@H]2CCN(C(N=C(C)C3CCC[C@H](C)C3)=C(F)F)C2)cc1. The van der Waals surface area contributed by atoms with E-state index in [2.05, 4.69) is 23.8 Å². The fourth-order valence-corrected chi connectivity index (χ4v) is 4.53. The number of aliphatic imine (C=N–C) groups is 1. The van der Waals surface area contributed by atoms with Gasteiger partial charge in [-0.15, -0.1) is 0 Å². The van der Waals surface area contributed by atoms with E-state index in [9.17, 15) is 13.6 Å². The molecule has 1 unspecified atom stereocenters. The van der Waals surface area contributed by atoms with Crippen LogP contribution in [0.2, 0.25) is 0 Å². The molecule has 1 N–H and O–H groups in total. The molecule has 5 nitrogen and oxygen atoms in total. The lowest BCUT2D eigenvalue weighted by molar-refractivity contribution is -0.117. The fraction of sp³-hybridized carbons (Fsp3) is 0.520. The molecule has 1 saturated carbocycles. The van der Waals surface area contributed by atoms with Gasteiger partial charge in [-0.1, -0.05) is 26.3 Å². The van der Waals surface area contributed by atoms with Gasteiger partial charge in [-0.05, 0) is 61.4 Å². The highest BCUT2D eigenvalue weighted by Crippen LogP contribution is 2.31. The highest BCUT2D eigenvalue weighted by atomic mass is 19.3. The molecule has 1 saturated heterocycles. The molecular weight excluding hydrogens is 412 g/mol. The number of carbonyl (C=O) groups is 1. The summed E-state index contributed by atoms with van der Waals surface area (Å²) in [5, 5.41) is 2.65. The van der Waals surface area contributed by atoms with Gasteiger partial charge in [0.15, 0.2) is 5.82 Å². The second-order valence-electron chi connectivity index (χ2n) is 8.96. The van der Waals surface area contributed by atoms with E-state index < -0.39 is 6.08 Å². The fourth-order valence-electron chi connectivity index (χ4n) is 4.53. The van der Waals surface area contributed by atoms with Crippen LogP contribution in [-0.4, -0.2) is 35.7 Å². The topological polar surface area (TPSA) is 53.9 Å². The largest absolute Gasteiger partial charge is 0.489 e. The Morgan fingerprint density at radius 2 is 1.91 bits per heavy atom. The number of halogens is 2. The first-order valence-electron chi connectivity index (χ1n) is 11.3. The summed E-state index contributed by atoms with van der Waals surface area (Å²) in [6.07, 6.45) is 3.09. The molecule has 32 heavy (non-hydrogen) atoms. The number of amides is 1. The van der Waals surface area contributed by atoms with Crippen molar-refractivity contribution in [1.29, 1.82) is 0 Å². The number of hydrogen-bond donors (Lipinski definition) is 1. The van der Waals surface area contributed by atoms with Crippen molar-refractivity contribution in [2.24, 2.45) is 16.8 Å². The molecule has 0 spiro atoms. The summed E-state index contributed by atoms with van der Waals surface area (Å²) in [4.78, 5) is 17.2. The van der Waals surface area contributed by atoms with Gasteiger partial charge in [0.2, 0.25) is 5.91 Å². The monoisotopic (exact) mass is 445 g/mol. The van der Waals surface area contributed by atoms with Gasteiger partial charge in [-0.2, -0.15) is 8.78 Å². The van der Waals surface area contributed by atoms with Crippen LogP contribution in [0.15, 0.2) is 47.7 Å². The van der Waals surface area contributed by atoms with Crippen molar-refractivity contribution in [2.75, 3.05) is 13.1 Å². The Kier molecular flexibility index (Phi) is 8.04. The summed E-state index contributed by atoms with van der Waals surface area (Å²) >= 11 is 0. The predicted octanol–water partition coefficient (Wildman–Crippen LogP) is 5.60. The standard InChI is InChI=1S/C25H33F2N3O2/c1-16-6-5-7-21(14-16)18(3)29-25(24(26)27)30-13-12-23(15-30)32-22-10-8-20(9-11-22)17(2)28-19(4)31/h8-11,16,21,23H,2,5-7,12-15H2,1,3-4H3,(H,28,31)/t16-,21?,23+/m0/s1. The molecule has 1 aliphatic heterocycles. The molecule has 1 amide bonds. The van der Waals surface area contributed by atoms with Crippen LogP contribution < -0.4 is 10.1 Å². The van der Waals surface area contributed by atoms with Crippen LogP contribution in [0.3, 0.4) is 0 Å². The first-order chi connectivity index (χ1) is 15.2. The van der Waals surface area contributed by atoms with E-state index in [0.717, 1.165) is 30.5 Å². The van der Waals surface area contributed by atoms with Crippen LogP contribution in [0.25, 0.3) is 5.70 Å². The number of benzene rings is 1. The maximum Gasteiger partial charge on any atom is 0.312 e. The minimum atomic E-state index is -1.74. The van der Waals surface area contributed by atoms with Crippen LogP contribution in [0.4, 0.5) is 8.78 Å². The Morgan fingerprint density at radius 1 is 1.19 bits per heavy atom. The zero-order valence-electron chi connectivity index (χ0n) is 19.2. The number of ether oxygens (including phenoxy) is 1. The van der Waals surface area contributed by atoms with Crippen LogP contribution in [0, 0.1) is 11.8 Å². The quantitative estimate of drug-likeness (QED) is 0.556. The average molecular weight is 446 g/mol. The molecule has 1 aromatic carbocycles. The molecule has 174 valence electrons. The Balaban J connectivity index is 1.60. The normalized spacial score (nSPS) is 23.6. The van der Waals surface area contributed by atoms with Crippen LogP contribution in [-0.2, 0) is 4.79 Å². The Labute approximate surface area is 189 Å². The summed E-state index contributed by atoms with van der Waals surface area (Å²) in [7, 11) is 0. The minimum absolute atomic E-state index is 0.179. The lowest BCUT2D eigenvalue weighted by Gasteiger charge is -2.27. The lowest BCUT2D eigenvalue weighted by atomic mass is 9.80. The van der Waals surface area contributed by atoms with E-state index in [-0.39, 0.29) is 23.8 Å². The van der Waals surface area contributed by atoms with Gasteiger partial charge < -0.3 is 15.0 Å². The Hall–Kier alpha value is -2.70. The van der Waals surface area contributed by atoms with E-state index in [1.165, 1.54) is 13.3 Å². The molecule has 2 fully saturated rings. The third kappa shape index (κ3) is 6.40. The summed E-state index contributed by atoms with van der Waals surface area (Å²) < 4.78 is 33.6. The van der Waals surface area contributed by atoms with Crippen molar-refractivity contribution in [3.05, 3.63) is 48.3 Å². The molecule has 1 heterocycles. The van der Waals surface area contributed by atoms with Crippen molar-refractivity contribution in [3.8, 4) is 5.75 Å². The number of hydrogen-bond acceptors (Lipinski definition) is 4. The third-order valence-electron chi connectivity index (χ3n) is 6.26. The molecule has 0 bridgehead atoms. The summed E-state index contributed by atoms with van der Waals surface area (Å²) in [6, 6.07) is 7.21. The van der Waals surface area contributed by atoms with Gasteiger partial charge in [0.05, 0.1) is 6.54 Å². The molecule has 1 aromatic rings. The van der Waals surface area contributed by atoms with Gasteiger partial charge in [-0.25, -0.2) is 4.99 Å². The molecule has 0 aromatic heterocycles. The van der Waals surface area contributed by atoms with Crippen molar-refractivity contribution in [3.63, 3.8) is 0 Å². The van der Waals surface area contributed by atoms with Gasteiger partial charge >= 0.3 is 6.08 Å². The average Bonchev–Trinajstić information content (AvgIpc) is 3.19. The van der Waals surface area contributed by atoms with Gasteiger partial charge in [0.25, 0.3) is 0 Å². The number of carbonyl (C=O) groups excluding carboxylic acids is 1. The van der Waals surface area contributed by atoms with E-state index in [1.807, 2.05) is 19.1 Å². The zero-order valence-corrected chi connectivity index (χ0v) is 19.2. The Morgan fingerprint density at radius 3 is 2.53 bits per heavy atom. The molecule has 1 aliphatic carbocycles. The molecule has 3 rings (SSSR count). The van der Waals surface area contributed by atoms with Gasteiger partial charge in [0, 0.05) is 31.3 Å². The van der Waals surface area contributed by atoms with E-state index in [4.69, 9.17) is 4.74 Å². The van der Waals surface area contributed by atoms with Crippen molar-refractivity contribution in [2.45, 2.75) is 59.0 Å². The second-order valence-corrected chi connectivity index (χ2v) is 8.96. The molecule has 3 atom stereocenters. The first kappa shape index (κ1) is 24.0. The predicted molar refractivity (Wildman–Crippen MR) is 123 cm³/mol. The molecular formula is C25H33F2N3O2. The van der Waals surface area contributed by atoms with Crippen molar-refractivity contribution >= 4 is 17.3 Å². The highest BCUT2D eigenvalue weighted by molar-refractivity contribution is 5.85. The lowest BCUT2D eigenvalue weighted by Crippen LogP contribution is -2.26. The van der Waals surface area contributed by atoms with Crippen molar-refractivity contribution in [1.82, 2.24) is 10.2 Å². The van der Waals surface area contributed by atoms with Gasteiger partial charge in [-0.3, -0.25) is 4.79 Å². The smallest absolute Gasteiger partial charge is 0.312 e. The van der Waals surface area contributed by atoms with Crippen LogP contribution in [0.5, 0.6) is 5.75 Å². The molecule has 2 aliphatic rings. The van der Waals surface area contributed by atoms with Crippen LogP contribution in [0.1, 0.15) is 58.4 Å². The minimum Gasteiger partial charge on any atom is -0.489 e. The maximum absolute atomic E-state index is 13.8. The maximum atomic E-state index is 13.8. The summed E-state index contributed by atoms with van der Waals surface area (Å²) in [5.74, 6) is 1.16. The van der Waals surface area contributed by atoms with E-state index in [1.54, 1.807) is 17.0 Å². The summed E-state index contributed by atoms with van der Waals surface area (Å²) in [6.45, 7) is 10.2. The van der Waals surface area contributed by atoms with Gasteiger partial charge in [0.1, 0.15) is 11.9 Å². The third-order valence-corrected chi connectivity index (χ3v) is 6.26. The number of likely N-dealkylation sites (tertiary alicyclic amines) is 1. The van der Waals surface area contributed by atoms with Crippen LogP contribution >= 0.6 is 0 Å². The number of rotatable bonds is 7. The van der Waals surface area contributed by atoms with Crippen molar-refractivity contribution < 1.29 is 18.3 Å². The first-order valence-corrected chi connectivity index (χ1v) is 11.3. The highest BCUT2D eigenvalue weighted by Gasteiger charge is 2.29.